The van der Waals surface area contributed by atoms with E-state index in [2.05, 4.69) is 25.6 Å². The number of aryl methyl sites for hydroxylation is 1. The second-order valence-electron chi connectivity index (χ2n) is 6.28. The Balaban J connectivity index is 1.64. The molecule has 1 aliphatic rings. The summed E-state index contributed by atoms with van der Waals surface area (Å²) in [6.45, 7) is 3.10. The van der Waals surface area contributed by atoms with Crippen molar-refractivity contribution in [3.05, 3.63) is 40.1 Å². The molecular formula is C19H18ClN5O3S. The fourth-order valence-electron chi connectivity index (χ4n) is 3.08. The Hall–Kier alpha value is -2.75. The molecule has 0 spiro atoms. The van der Waals surface area contributed by atoms with Gasteiger partial charge in [0.15, 0.2) is 0 Å². The van der Waals surface area contributed by atoms with Crippen molar-refractivity contribution in [1.82, 2.24) is 15.0 Å². The van der Waals surface area contributed by atoms with Crippen LogP contribution in [0.5, 0.6) is 5.88 Å². The quantitative estimate of drug-likeness (QED) is 0.630. The minimum absolute atomic E-state index is 0.292. The third-order valence-corrected chi connectivity index (χ3v) is 5.47. The number of hydrogen-bond acceptors (Lipinski definition) is 7. The fourth-order valence-corrected chi connectivity index (χ4v) is 4.09. The van der Waals surface area contributed by atoms with Crippen molar-refractivity contribution in [3.8, 4) is 5.88 Å². The Morgan fingerprint density at radius 3 is 2.90 bits per heavy atom. The van der Waals surface area contributed by atoms with Crippen LogP contribution in [0.4, 0.5) is 16.2 Å². The molecule has 3 aromatic rings. The van der Waals surface area contributed by atoms with E-state index in [-0.39, 0.29) is 0 Å². The lowest BCUT2D eigenvalue weighted by Gasteiger charge is -2.18. The maximum atomic E-state index is 12.6. The number of amides is 2. The zero-order valence-corrected chi connectivity index (χ0v) is 17.4. The first-order chi connectivity index (χ1) is 14.0. The van der Waals surface area contributed by atoms with Crippen LogP contribution >= 0.6 is 22.9 Å². The first-order valence-electron chi connectivity index (χ1n) is 8.86. The highest BCUT2D eigenvalue weighted by Crippen LogP contribution is 2.35. The van der Waals surface area contributed by atoms with E-state index in [0.717, 1.165) is 32.9 Å². The summed E-state index contributed by atoms with van der Waals surface area (Å²) in [5.41, 5.74) is 3.77. The highest BCUT2D eigenvalue weighted by Gasteiger charge is 2.19. The number of ether oxygens (including phenoxy) is 2. The van der Waals surface area contributed by atoms with Gasteiger partial charge in [-0.2, -0.15) is 0 Å². The van der Waals surface area contributed by atoms with Gasteiger partial charge in [0.25, 0.3) is 0 Å². The molecule has 150 valence electrons. The van der Waals surface area contributed by atoms with E-state index in [9.17, 15) is 4.79 Å². The number of thiazole rings is 1. The molecule has 0 bridgehead atoms. The zero-order valence-electron chi connectivity index (χ0n) is 15.8. The lowest BCUT2D eigenvalue weighted by atomic mass is 10.00. The molecule has 2 amide bonds. The third kappa shape index (κ3) is 4.16. The van der Waals surface area contributed by atoms with Crippen LogP contribution in [-0.4, -0.2) is 41.3 Å². The molecule has 8 nitrogen and oxygen atoms in total. The van der Waals surface area contributed by atoms with Gasteiger partial charge in [0, 0.05) is 5.56 Å². The van der Waals surface area contributed by atoms with Crippen molar-refractivity contribution in [2.75, 3.05) is 31.0 Å². The molecule has 10 heteroatoms. The van der Waals surface area contributed by atoms with Crippen LogP contribution in [-0.2, 0) is 4.74 Å². The molecule has 4 rings (SSSR count). The molecule has 1 aliphatic heterocycles. The van der Waals surface area contributed by atoms with Crippen molar-refractivity contribution >= 4 is 56.3 Å². The molecule has 0 unspecified atom stereocenters. The molecule has 29 heavy (non-hydrogen) atoms. The second kappa shape index (κ2) is 8.32. The third-order valence-electron chi connectivity index (χ3n) is 4.32. The highest BCUT2D eigenvalue weighted by molar-refractivity contribution is 7.18. The average molecular weight is 432 g/mol. The molecule has 0 aliphatic carbocycles. The number of carbonyl (C=O) groups is 1. The number of anilines is 2. The number of methoxy groups -OCH3 is 1. The van der Waals surface area contributed by atoms with Gasteiger partial charge in [-0.25, -0.2) is 19.7 Å². The summed E-state index contributed by atoms with van der Waals surface area (Å²) in [6.07, 6.45) is 5.88. The molecule has 0 saturated heterocycles. The first-order valence-corrected chi connectivity index (χ1v) is 10.1. The van der Waals surface area contributed by atoms with Crippen molar-refractivity contribution in [3.63, 3.8) is 0 Å². The molecule has 2 N–H and O–H groups in total. The van der Waals surface area contributed by atoms with Crippen molar-refractivity contribution in [2.24, 2.45) is 0 Å². The van der Waals surface area contributed by atoms with Crippen molar-refractivity contribution in [1.29, 1.82) is 0 Å². The number of aromatic nitrogens is 3. The normalized spacial score (nSPS) is 13.8. The Morgan fingerprint density at radius 1 is 1.31 bits per heavy atom. The predicted molar refractivity (Wildman–Crippen MR) is 114 cm³/mol. The van der Waals surface area contributed by atoms with Gasteiger partial charge >= 0.3 is 6.03 Å². The number of nitrogens with one attached hydrogen (secondary N) is 2. The van der Waals surface area contributed by atoms with Gasteiger partial charge in [-0.1, -0.05) is 29.0 Å². The monoisotopic (exact) mass is 431 g/mol. The summed E-state index contributed by atoms with van der Waals surface area (Å²) in [5, 5.41) is 6.82. The van der Waals surface area contributed by atoms with E-state index in [1.165, 1.54) is 24.6 Å². The number of pyridine rings is 2. The van der Waals surface area contributed by atoms with Crippen LogP contribution < -0.4 is 15.4 Å². The number of urea groups is 1. The molecular weight excluding hydrogens is 414 g/mol. The maximum Gasteiger partial charge on any atom is 0.323 e. The first kappa shape index (κ1) is 19.6. The molecule has 0 saturated carbocycles. The molecule has 0 atom stereocenters. The summed E-state index contributed by atoms with van der Waals surface area (Å²) in [4.78, 5) is 26.6. The summed E-state index contributed by atoms with van der Waals surface area (Å²) >= 11 is 7.59. The van der Waals surface area contributed by atoms with E-state index >= 15 is 0 Å². The Kier molecular flexibility index (Phi) is 5.61. The molecule has 0 radical (unpaired) electrons. The van der Waals surface area contributed by atoms with Gasteiger partial charge < -0.3 is 20.1 Å². The second-order valence-corrected chi connectivity index (χ2v) is 7.87. The number of hydrogen-bond donors (Lipinski definition) is 2. The molecule has 4 heterocycles. The summed E-state index contributed by atoms with van der Waals surface area (Å²) in [5.74, 6) is 0.292. The Bertz CT molecular complexity index is 1110. The van der Waals surface area contributed by atoms with E-state index in [4.69, 9.17) is 21.1 Å². The van der Waals surface area contributed by atoms with Crippen molar-refractivity contribution < 1.29 is 14.3 Å². The number of halogens is 1. The van der Waals surface area contributed by atoms with E-state index in [1.54, 1.807) is 12.3 Å². The SMILES string of the molecule is COc1ncc(NC(=O)Nc2cnc3sc(C)nc3c2C2=CCOCC2)cc1Cl. The van der Waals surface area contributed by atoms with Gasteiger partial charge in [0.2, 0.25) is 5.88 Å². The topological polar surface area (TPSA) is 98.3 Å². The number of carbonyl (C=O) groups excluding carboxylic acids is 1. The lowest BCUT2D eigenvalue weighted by molar-refractivity contribution is 0.161. The summed E-state index contributed by atoms with van der Waals surface area (Å²) in [7, 11) is 1.48. The number of rotatable bonds is 4. The minimum Gasteiger partial charge on any atom is -0.480 e. The number of fused-ring (bicyclic) bond motifs is 1. The maximum absolute atomic E-state index is 12.6. The van der Waals surface area contributed by atoms with Crippen LogP contribution in [0.3, 0.4) is 0 Å². The van der Waals surface area contributed by atoms with E-state index < -0.39 is 6.03 Å². The van der Waals surface area contributed by atoms with E-state index in [0.29, 0.717) is 35.5 Å². The van der Waals surface area contributed by atoms with Crippen LogP contribution in [0.2, 0.25) is 5.02 Å². The molecule has 3 aromatic heterocycles. The fraction of sp³-hybridized carbons (Fsp3) is 0.263. The average Bonchev–Trinajstić information content (AvgIpc) is 3.09. The van der Waals surface area contributed by atoms with Crippen molar-refractivity contribution in [2.45, 2.75) is 13.3 Å². The largest absolute Gasteiger partial charge is 0.480 e. The standard InChI is InChI=1S/C19H18ClN5O3S/c1-10-23-16-15(11-3-5-28-6-4-11)14(9-22-18(16)29-10)25-19(26)24-12-7-13(20)17(27-2)21-8-12/h3,7-9H,4-6H2,1-2H3,(H2,24,25,26). The highest BCUT2D eigenvalue weighted by atomic mass is 35.5. The summed E-state index contributed by atoms with van der Waals surface area (Å²) in [6, 6.07) is 1.13. The lowest BCUT2D eigenvalue weighted by Crippen LogP contribution is -2.21. The van der Waals surface area contributed by atoms with Gasteiger partial charge in [-0.15, -0.1) is 0 Å². The van der Waals surface area contributed by atoms with Gasteiger partial charge in [0.1, 0.15) is 15.4 Å². The summed E-state index contributed by atoms with van der Waals surface area (Å²) < 4.78 is 10.5. The minimum atomic E-state index is -0.435. The van der Waals surface area contributed by atoms with Gasteiger partial charge in [0.05, 0.1) is 49.1 Å². The number of nitrogens with zero attached hydrogens (tertiary/aromatic N) is 3. The Labute approximate surface area is 175 Å². The van der Waals surface area contributed by atoms with Crippen LogP contribution in [0.15, 0.2) is 24.5 Å². The predicted octanol–water partition coefficient (Wildman–Crippen LogP) is 4.50. The van der Waals surface area contributed by atoms with Gasteiger partial charge in [-0.3, -0.25) is 0 Å². The van der Waals surface area contributed by atoms with Crippen LogP contribution in [0, 0.1) is 6.92 Å². The van der Waals surface area contributed by atoms with Crippen LogP contribution in [0.1, 0.15) is 17.0 Å². The van der Waals surface area contributed by atoms with Gasteiger partial charge in [-0.05, 0) is 25.0 Å². The van der Waals surface area contributed by atoms with Crippen LogP contribution in [0.25, 0.3) is 15.9 Å². The Morgan fingerprint density at radius 2 is 2.17 bits per heavy atom. The van der Waals surface area contributed by atoms with E-state index in [1.807, 2.05) is 13.0 Å². The molecule has 0 fully saturated rings. The molecule has 0 aromatic carbocycles. The smallest absolute Gasteiger partial charge is 0.323 e. The zero-order chi connectivity index (χ0) is 20.4.